The minimum absolute atomic E-state index is 0.100. The van der Waals surface area contributed by atoms with E-state index in [1.54, 1.807) is 0 Å². The Morgan fingerprint density at radius 3 is 0.845 bits per heavy atom. The van der Waals surface area contributed by atoms with Crippen LogP contribution >= 0.6 is 15.6 Å². The van der Waals surface area contributed by atoms with E-state index in [2.05, 4.69) is 55.4 Å². The highest BCUT2D eigenvalue weighted by atomic mass is 31.2. The largest absolute Gasteiger partial charge is 0.472 e. The fourth-order valence-electron chi connectivity index (χ4n) is 9.54. The summed E-state index contributed by atoms with van der Waals surface area (Å²) in [6.45, 7) is 14.0. The lowest BCUT2D eigenvalue weighted by Gasteiger charge is -2.21. The molecular weight excluding hydrogens is 1110 g/mol. The monoisotopic (exact) mass is 1240 g/mol. The maximum atomic E-state index is 13.0. The molecule has 17 nitrogen and oxygen atoms in total. The summed E-state index contributed by atoms with van der Waals surface area (Å²) < 4.78 is 68.0. The van der Waals surface area contributed by atoms with E-state index in [4.69, 9.17) is 37.0 Å². The predicted octanol–water partition coefficient (Wildman–Crippen LogP) is 17.8. The molecule has 0 heterocycles. The zero-order valence-electron chi connectivity index (χ0n) is 54.5. The van der Waals surface area contributed by atoms with Gasteiger partial charge in [-0.3, -0.25) is 37.3 Å². The highest BCUT2D eigenvalue weighted by Gasteiger charge is 2.30. The van der Waals surface area contributed by atoms with Crippen LogP contribution in [0, 0.1) is 23.7 Å². The second-order valence-electron chi connectivity index (χ2n) is 24.9. The number of carbonyl (C=O) groups excluding carboxylic acids is 4. The molecule has 0 radical (unpaired) electrons. The first-order chi connectivity index (χ1) is 40.2. The second-order valence-corrected chi connectivity index (χ2v) is 27.8. The van der Waals surface area contributed by atoms with E-state index in [9.17, 15) is 43.2 Å². The Kier molecular flexibility index (Phi) is 53.9. The molecule has 0 aromatic heterocycles. The summed E-state index contributed by atoms with van der Waals surface area (Å²) in [4.78, 5) is 72.2. The van der Waals surface area contributed by atoms with Crippen LogP contribution in [0.4, 0.5) is 0 Å². The molecule has 7 atom stereocenters. The Hall–Kier alpha value is -1.94. The number of aliphatic hydroxyl groups excluding tert-OH is 1. The van der Waals surface area contributed by atoms with Crippen molar-refractivity contribution < 1.29 is 80.2 Å². The minimum Gasteiger partial charge on any atom is -0.462 e. The molecule has 0 saturated carbocycles. The summed E-state index contributed by atoms with van der Waals surface area (Å²) in [5.41, 5.74) is 0. The summed E-state index contributed by atoms with van der Waals surface area (Å²) in [5, 5.41) is 10.5. The number of phosphoric ester groups is 2. The molecule has 3 N–H and O–H groups in total. The molecule has 0 bridgehead atoms. The molecule has 0 rings (SSSR count). The van der Waals surface area contributed by atoms with Crippen LogP contribution in [0.1, 0.15) is 312 Å². The van der Waals surface area contributed by atoms with Gasteiger partial charge in [0.2, 0.25) is 0 Å². The van der Waals surface area contributed by atoms with E-state index in [1.807, 2.05) is 0 Å². The highest BCUT2D eigenvalue weighted by Crippen LogP contribution is 2.45. The highest BCUT2D eigenvalue weighted by molar-refractivity contribution is 7.47. The first-order valence-corrected chi connectivity index (χ1v) is 36.8. The fourth-order valence-corrected chi connectivity index (χ4v) is 11.1. The lowest BCUT2D eigenvalue weighted by molar-refractivity contribution is -0.161. The number of aliphatic hydroxyl groups is 1. The van der Waals surface area contributed by atoms with Gasteiger partial charge in [-0.15, -0.1) is 0 Å². The van der Waals surface area contributed by atoms with Crippen LogP contribution in [-0.4, -0.2) is 96.7 Å². The van der Waals surface area contributed by atoms with Gasteiger partial charge < -0.3 is 33.8 Å². The summed E-state index contributed by atoms with van der Waals surface area (Å²) in [6, 6.07) is 0. The predicted molar refractivity (Wildman–Crippen MR) is 335 cm³/mol. The molecular formula is C65H126O17P2. The van der Waals surface area contributed by atoms with Crippen molar-refractivity contribution in [2.75, 3.05) is 39.6 Å². The second kappa shape index (κ2) is 55.2. The number of ether oxygens (including phenoxy) is 4. The number of unbranched alkanes of at least 4 members (excludes halogenated alkanes) is 26. The van der Waals surface area contributed by atoms with E-state index in [0.717, 1.165) is 108 Å². The summed E-state index contributed by atoms with van der Waals surface area (Å²) in [7, 11) is -9.89. The molecule has 0 saturated heterocycles. The van der Waals surface area contributed by atoms with E-state index in [0.29, 0.717) is 37.5 Å². The van der Waals surface area contributed by atoms with Crippen LogP contribution in [-0.2, 0) is 65.4 Å². The topological polar surface area (TPSA) is 237 Å². The number of carbonyl (C=O) groups is 4. The molecule has 0 aromatic carbocycles. The third-order valence-corrected chi connectivity index (χ3v) is 17.4. The molecule has 0 aliphatic heterocycles. The summed E-state index contributed by atoms with van der Waals surface area (Å²) in [6.07, 6.45) is 35.0. The van der Waals surface area contributed by atoms with Crippen LogP contribution < -0.4 is 0 Å². The minimum atomic E-state index is -4.95. The fraction of sp³-hybridized carbons (Fsp3) is 0.938. The van der Waals surface area contributed by atoms with E-state index in [1.165, 1.54) is 109 Å². The molecule has 84 heavy (non-hydrogen) atoms. The van der Waals surface area contributed by atoms with Gasteiger partial charge in [0.1, 0.15) is 19.3 Å². The van der Waals surface area contributed by atoms with Crippen LogP contribution in [0.5, 0.6) is 0 Å². The lowest BCUT2D eigenvalue weighted by Crippen LogP contribution is -2.30. The van der Waals surface area contributed by atoms with Crippen LogP contribution in [0.2, 0.25) is 0 Å². The normalized spacial score (nSPS) is 15.1. The Bertz CT molecular complexity index is 1680. The molecule has 4 unspecified atom stereocenters. The third kappa shape index (κ3) is 56.6. The van der Waals surface area contributed by atoms with Gasteiger partial charge in [-0.1, -0.05) is 261 Å². The zero-order valence-corrected chi connectivity index (χ0v) is 56.3. The average Bonchev–Trinajstić information content (AvgIpc) is 3.59. The van der Waals surface area contributed by atoms with Crippen LogP contribution in [0.3, 0.4) is 0 Å². The van der Waals surface area contributed by atoms with Crippen molar-refractivity contribution in [1.82, 2.24) is 0 Å². The summed E-state index contributed by atoms with van der Waals surface area (Å²) >= 11 is 0. The van der Waals surface area contributed by atoms with Gasteiger partial charge in [-0.05, 0) is 49.4 Å². The molecule has 0 aromatic rings. The number of hydrogen-bond acceptors (Lipinski definition) is 15. The van der Waals surface area contributed by atoms with Crippen LogP contribution in [0.25, 0.3) is 0 Å². The number of rotatable bonds is 62. The van der Waals surface area contributed by atoms with Crippen molar-refractivity contribution >= 4 is 39.5 Å². The first-order valence-electron chi connectivity index (χ1n) is 33.8. The molecule has 0 fully saturated rings. The molecule has 0 amide bonds. The third-order valence-electron chi connectivity index (χ3n) is 15.5. The van der Waals surface area contributed by atoms with Crippen molar-refractivity contribution in [1.29, 1.82) is 0 Å². The standard InChI is InChI=1S/C65H126O17P2/c1-9-57(7)43-35-27-17-13-11-12-14-20-31-39-47-64(69)81-60(51-75-62(67)45-37-29-19-16-15-18-28-36-44-58(8)10-2)53-79-83(71,72)77-49-59(66)50-78-84(73,74)80-54-61(82-65(70)48-40-32-24-22-26-34-42-56(5)6)52-76-63(68)46-38-30-23-21-25-33-41-55(3)4/h55-61,66H,9-54H2,1-8H3,(H,71,72)(H,73,74)/t57?,58?,59-,60-,61-/m1/s1. The van der Waals surface area contributed by atoms with Crippen molar-refractivity contribution in [3.8, 4) is 0 Å². The van der Waals surface area contributed by atoms with Crippen molar-refractivity contribution in [3.63, 3.8) is 0 Å². The Morgan fingerprint density at radius 1 is 0.333 bits per heavy atom. The van der Waals surface area contributed by atoms with Gasteiger partial charge in [-0.2, -0.15) is 0 Å². The Labute approximate surface area is 511 Å². The van der Waals surface area contributed by atoms with Gasteiger partial charge in [0.15, 0.2) is 12.2 Å². The maximum Gasteiger partial charge on any atom is 0.472 e. The average molecular weight is 1240 g/mol. The van der Waals surface area contributed by atoms with Gasteiger partial charge in [0, 0.05) is 25.7 Å². The first kappa shape index (κ1) is 82.1. The quantitative estimate of drug-likeness (QED) is 0.0222. The molecule has 0 aliphatic rings. The van der Waals surface area contributed by atoms with E-state index in [-0.39, 0.29) is 25.7 Å². The number of esters is 4. The molecule has 0 aliphatic carbocycles. The lowest BCUT2D eigenvalue weighted by atomic mass is 9.99. The molecule has 498 valence electrons. The Balaban J connectivity index is 5.25. The number of phosphoric acid groups is 2. The van der Waals surface area contributed by atoms with Gasteiger partial charge >= 0.3 is 39.5 Å². The zero-order chi connectivity index (χ0) is 62.5. The summed E-state index contributed by atoms with van der Waals surface area (Å²) in [5.74, 6) is 0.787. The van der Waals surface area contributed by atoms with Crippen LogP contribution in [0.15, 0.2) is 0 Å². The molecule has 19 heteroatoms. The van der Waals surface area contributed by atoms with Crippen molar-refractivity contribution in [3.05, 3.63) is 0 Å². The van der Waals surface area contributed by atoms with Gasteiger partial charge in [-0.25, -0.2) is 9.13 Å². The molecule has 0 spiro atoms. The van der Waals surface area contributed by atoms with Crippen molar-refractivity contribution in [2.24, 2.45) is 23.7 Å². The van der Waals surface area contributed by atoms with E-state index < -0.39 is 97.5 Å². The van der Waals surface area contributed by atoms with E-state index >= 15 is 0 Å². The van der Waals surface area contributed by atoms with Gasteiger partial charge in [0.05, 0.1) is 26.4 Å². The van der Waals surface area contributed by atoms with Gasteiger partial charge in [0.25, 0.3) is 0 Å². The number of hydrogen-bond donors (Lipinski definition) is 3. The smallest absolute Gasteiger partial charge is 0.462 e. The van der Waals surface area contributed by atoms with Crippen molar-refractivity contribution in [2.45, 2.75) is 331 Å². The SMILES string of the molecule is CCC(C)CCCCCCCCCCCCC(=O)O[C@H](COC(=O)CCCCCCCCCCC(C)CC)COP(=O)(O)OC[C@@H](O)COP(=O)(O)OC[C@@H](COC(=O)CCCCCCCCC(C)C)OC(=O)CCCCCCCCC(C)C. The Morgan fingerprint density at radius 2 is 0.571 bits per heavy atom. The maximum absolute atomic E-state index is 13.0.